The van der Waals surface area contributed by atoms with Crippen molar-refractivity contribution in [3.8, 4) is 28.3 Å². The van der Waals surface area contributed by atoms with E-state index in [0.717, 1.165) is 12.1 Å². The van der Waals surface area contributed by atoms with Gasteiger partial charge in [0.2, 0.25) is 0 Å². The number of carbonyl (C=O) groups is 1. The summed E-state index contributed by atoms with van der Waals surface area (Å²) in [5, 5.41) is 12.2. The van der Waals surface area contributed by atoms with Crippen LogP contribution in [-0.2, 0) is 6.18 Å². The fourth-order valence-electron chi connectivity index (χ4n) is 2.74. The first kappa shape index (κ1) is 18.6. The number of benzene rings is 2. The first-order valence-electron chi connectivity index (χ1n) is 8.28. The lowest BCUT2D eigenvalue weighted by atomic mass is 10.1. The SMILES string of the molecule is CCNC(=O)c1cc(-c2ccc(C(F)(F)F)cc2)[nH]c1-c1ccc(O)cc1. The second-order valence-electron chi connectivity index (χ2n) is 5.95. The molecule has 3 N–H and O–H groups in total. The maximum absolute atomic E-state index is 12.8. The van der Waals surface area contributed by atoms with Crippen molar-refractivity contribution in [2.24, 2.45) is 0 Å². The monoisotopic (exact) mass is 374 g/mol. The summed E-state index contributed by atoms with van der Waals surface area (Å²) in [6, 6.07) is 12.6. The van der Waals surface area contributed by atoms with Gasteiger partial charge in [-0.3, -0.25) is 4.79 Å². The molecule has 2 aromatic carbocycles. The molecule has 0 radical (unpaired) electrons. The van der Waals surface area contributed by atoms with E-state index in [1.54, 1.807) is 25.1 Å². The number of carbonyl (C=O) groups excluding carboxylic acids is 1. The first-order chi connectivity index (χ1) is 12.8. The van der Waals surface area contributed by atoms with Crippen LogP contribution in [0, 0.1) is 0 Å². The molecule has 0 aliphatic heterocycles. The minimum absolute atomic E-state index is 0.0906. The summed E-state index contributed by atoms with van der Waals surface area (Å²) in [4.78, 5) is 15.5. The lowest BCUT2D eigenvalue weighted by molar-refractivity contribution is -0.137. The minimum Gasteiger partial charge on any atom is -0.508 e. The molecule has 0 saturated heterocycles. The molecule has 0 unspecified atom stereocenters. The van der Waals surface area contributed by atoms with Crippen molar-refractivity contribution in [1.29, 1.82) is 0 Å². The Morgan fingerprint density at radius 1 is 1.04 bits per heavy atom. The fraction of sp³-hybridized carbons (Fsp3) is 0.150. The van der Waals surface area contributed by atoms with Gasteiger partial charge in [-0.2, -0.15) is 13.2 Å². The summed E-state index contributed by atoms with van der Waals surface area (Å²) in [6.45, 7) is 2.23. The molecule has 0 spiro atoms. The number of alkyl halides is 3. The molecule has 0 aliphatic carbocycles. The zero-order valence-electron chi connectivity index (χ0n) is 14.4. The second kappa shape index (κ2) is 7.19. The maximum Gasteiger partial charge on any atom is 0.416 e. The smallest absolute Gasteiger partial charge is 0.416 e. The Balaban J connectivity index is 2.05. The van der Waals surface area contributed by atoms with E-state index in [2.05, 4.69) is 10.3 Å². The van der Waals surface area contributed by atoms with Gasteiger partial charge in [-0.05, 0) is 60.5 Å². The Morgan fingerprint density at radius 2 is 1.63 bits per heavy atom. The number of rotatable bonds is 4. The summed E-state index contributed by atoms with van der Waals surface area (Å²) < 4.78 is 38.3. The summed E-state index contributed by atoms with van der Waals surface area (Å²) in [5.74, 6) is -0.206. The van der Waals surface area contributed by atoms with Crippen molar-refractivity contribution in [2.75, 3.05) is 6.54 Å². The number of phenolic OH excluding ortho intramolecular Hbond substituents is 1. The Labute approximate surface area is 153 Å². The second-order valence-corrected chi connectivity index (χ2v) is 5.95. The standard InChI is InChI=1S/C20H17F3N2O2/c1-2-24-19(27)16-11-17(12-3-7-14(8-4-12)20(21,22)23)25-18(16)13-5-9-15(26)10-6-13/h3-11,25-26H,2H2,1H3,(H,24,27). The van der Waals surface area contributed by atoms with Crippen molar-refractivity contribution in [1.82, 2.24) is 10.3 Å². The number of hydrogen-bond donors (Lipinski definition) is 3. The lowest BCUT2D eigenvalue weighted by Gasteiger charge is -2.07. The molecule has 1 amide bonds. The molecule has 3 aromatic rings. The number of phenols is 1. The highest BCUT2D eigenvalue weighted by molar-refractivity contribution is 6.01. The van der Waals surface area contributed by atoms with Gasteiger partial charge in [0.15, 0.2) is 0 Å². The maximum atomic E-state index is 12.8. The van der Waals surface area contributed by atoms with E-state index in [1.807, 2.05) is 0 Å². The largest absolute Gasteiger partial charge is 0.508 e. The average Bonchev–Trinajstić information content (AvgIpc) is 3.07. The lowest BCUT2D eigenvalue weighted by Crippen LogP contribution is -2.22. The topological polar surface area (TPSA) is 65.1 Å². The predicted molar refractivity (Wildman–Crippen MR) is 96.3 cm³/mol. The molecule has 0 aliphatic rings. The number of H-pyrrole nitrogens is 1. The number of nitrogens with one attached hydrogen (secondary N) is 2. The number of aromatic hydroxyl groups is 1. The van der Waals surface area contributed by atoms with Gasteiger partial charge in [-0.1, -0.05) is 12.1 Å². The summed E-state index contributed by atoms with van der Waals surface area (Å²) in [6.07, 6.45) is -4.41. The van der Waals surface area contributed by atoms with E-state index in [0.29, 0.717) is 34.6 Å². The third kappa shape index (κ3) is 3.97. The van der Waals surface area contributed by atoms with Crippen LogP contribution in [0.5, 0.6) is 5.75 Å². The first-order valence-corrected chi connectivity index (χ1v) is 8.28. The van der Waals surface area contributed by atoms with E-state index in [4.69, 9.17) is 0 Å². The van der Waals surface area contributed by atoms with Crippen molar-refractivity contribution in [3.05, 3.63) is 65.7 Å². The molecule has 4 nitrogen and oxygen atoms in total. The van der Waals surface area contributed by atoms with Crippen LogP contribution < -0.4 is 5.32 Å². The van der Waals surface area contributed by atoms with Crippen LogP contribution >= 0.6 is 0 Å². The quantitative estimate of drug-likeness (QED) is 0.613. The molecule has 3 rings (SSSR count). The van der Waals surface area contributed by atoms with Crippen LogP contribution in [-0.4, -0.2) is 22.5 Å². The van der Waals surface area contributed by atoms with Crippen molar-refractivity contribution in [3.63, 3.8) is 0 Å². The van der Waals surface area contributed by atoms with Gasteiger partial charge in [0.05, 0.1) is 16.8 Å². The molecule has 7 heteroatoms. The van der Waals surface area contributed by atoms with E-state index >= 15 is 0 Å². The average molecular weight is 374 g/mol. The van der Waals surface area contributed by atoms with Crippen LogP contribution in [0.15, 0.2) is 54.6 Å². The molecule has 0 atom stereocenters. The van der Waals surface area contributed by atoms with Gasteiger partial charge in [0, 0.05) is 12.2 Å². The van der Waals surface area contributed by atoms with E-state index in [9.17, 15) is 23.1 Å². The number of aromatic amines is 1. The van der Waals surface area contributed by atoms with Crippen molar-refractivity contribution in [2.45, 2.75) is 13.1 Å². The highest BCUT2D eigenvalue weighted by Crippen LogP contribution is 2.33. The molecule has 0 bridgehead atoms. The van der Waals surface area contributed by atoms with Crippen molar-refractivity contribution >= 4 is 5.91 Å². The van der Waals surface area contributed by atoms with Crippen LogP contribution in [0.4, 0.5) is 13.2 Å². The number of aromatic nitrogens is 1. The zero-order valence-corrected chi connectivity index (χ0v) is 14.4. The molecular weight excluding hydrogens is 357 g/mol. The highest BCUT2D eigenvalue weighted by Gasteiger charge is 2.30. The van der Waals surface area contributed by atoms with Crippen molar-refractivity contribution < 1.29 is 23.1 Å². The Kier molecular flexibility index (Phi) is 4.94. The van der Waals surface area contributed by atoms with Crippen LogP contribution in [0.1, 0.15) is 22.8 Å². The zero-order chi connectivity index (χ0) is 19.6. The van der Waals surface area contributed by atoms with E-state index in [-0.39, 0.29) is 11.7 Å². The summed E-state index contributed by atoms with van der Waals surface area (Å²) >= 11 is 0. The normalized spacial score (nSPS) is 11.4. The molecule has 0 fully saturated rings. The van der Waals surface area contributed by atoms with Gasteiger partial charge >= 0.3 is 6.18 Å². The van der Waals surface area contributed by atoms with Gasteiger partial charge in [0.1, 0.15) is 5.75 Å². The van der Waals surface area contributed by atoms with E-state index in [1.165, 1.54) is 24.3 Å². The summed E-state index contributed by atoms with van der Waals surface area (Å²) in [5.41, 5.74) is 1.88. The van der Waals surface area contributed by atoms with Gasteiger partial charge in [-0.25, -0.2) is 0 Å². The molecular formula is C20H17F3N2O2. The van der Waals surface area contributed by atoms with Crippen LogP contribution in [0.3, 0.4) is 0 Å². The molecule has 140 valence electrons. The molecule has 27 heavy (non-hydrogen) atoms. The molecule has 1 heterocycles. The molecule has 1 aromatic heterocycles. The van der Waals surface area contributed by atoms with E-state index < -0.39 is 11.7 Å². The number of halogens is 3. The Hall–Kier alpha value is -3.22. The van der Waals surface area contributed by atoms with Gasteiger partial charge < -0.3 is 15.4 Å². The van der Waals surface area contributed by atoms with Gasteiger partial charge in [-0.15, -0.1) is 0 Å². The minimum atomic E-state index is -4.41. The Bertz CT molecular complexity index is 943. The number of hydrogen-bond acceptors (Lipinski definition) is 2. The van der Waals surface area contributed by atoms with Crippen LogP contribution in [0.25, 0.3) is 22.5 Å². The van der Waals surface area contributed by atoms with Crippen LogP contribution in [0.2, 0.25) is 0 Å². The predicted octanol–water partition coefficient (Wildman–Crippen LogP) is 4.82. The third-order valence-electron chi connectivity index (χ3n) is 4.08. The highest BCUT2D eigenvalue weighted by atomic mass is 19.4. The fourth-order valence-corrected chi connectivity index (χ4v) is 2.74. The van der Waals surface area contributed by atoms with Gasteiger partial charge in [0.25, 0.3) is 5.91 Å². The third-order valence-corrected chi connectivity index (χ3v) is 4.08. The summed E-state index contributed by atoms with van der Waals surface area (Å²) in [7, 11) is 0. The molecule has 0 saturated carbocycles. The Morgan fingerprint density at radius 3 is 2.19 bits per heavy atom. The number of amides is 1.